The minimum atomic E-state index is 0.277. The summed E-state index contributed by atoms with van der Waals surface area (Å²) in [5, 5.41) is 6.56. The van der Waals surface area contributed by atoms with Gasteiger partial charge in [-0.2, -0.15) is 0 Å². The van der Waals surface area contributed by atoms with Crippen LogP contribution in [0, 0.1) is 0 Å². The molecule has 1 aliphatic rings. The summed E-state index contributed by atoms with van der Waals surface area (Å²) in [5.74, 6) is 1.77. The SMILES string of the molecule is COc1ccccc1C1CNCCN1Cc1csc(-c2ccco2)n1. The van der Waals surface area contributed by atoms with Gasteiger partial charge in [-0.05, 0) is 18.2 Å². The molecule has 4 rings (SSSR count). The number of hydrogen-bond donors (Lipinski definition) is 1. The molecule has 0 radical (unpaired) electrons. The highest BCUT2D eigenvalue weighted by Crippen LogP contribution is 2.32. The minimum absolute atomic E-state index is 0.277. The number of ether oxygens (including phenoxy) is 1. The Morgan fingerprint density at radius 2 is 2.24 bits per heavy atom. The van der Waals surface area contributed by atoms with Crippen molar-refractivity contribution in [2.24, 2.45) is 0 Å². The third-order valence-electron chi connectivity index (χ3n) is 4.50. The van der Waals surface area contributed by atoms with Crippen molar-refractivity contribution in [1.29, 1.82) is 0 Å². The van der Waals surface area contributed by atoms with E-state index in [1.165, 1.54) is 5.56 Å². The molecule has 3 heterocycles. The van der Waals surface area contributed by atoms with Gasteiger partial charge in [0.1, 0.15) is 5.75 Å². The number of furan rings is 1. The number of hydrogen-bond acceptors (Lipinski definition) is 6. The van der Waals surface area contributed by atoms with Crippen LogP contribution in [0.4, 0.5) is 0 Å². The van der Waals surface area contributed by atoms with E-state index in [9.17, 15) is 0 Å². The average Bonchev–Trinajstić information content (AvgIpc) is 3.34. The third kappa shape index (κ3) is 3.46. The Morgan fingerprint density at radius 1 is 1.32 bits per heavy atom. The monoisotopic (exact) mass is 355 g/mol. The predicted octanol–water partition coefficient (Wildman–Crippen LogP) is 3.56. The largest absolute Gasteiger partial charge is 0.496 e. The first-order valence-corrected chi connectivity index (χ1v) is 9.29. The zero-order valence-electron chi connectivity index (χ0n) is 14.1. The van der Waals surface area contributed by atoms with Gasteiger partial charge in [-0.3, -0.25) is 4.90 Å². The van der Waals surface area contributed by atoms with Crippen LogP contribution in [0.25, 0.3) is 10.8 Å². The molecule has 2 aromatic heterocycles. The van der Waals surface area contributed by atoms with Crippen LogP contribution in [0.5, 0.6) is 5.75 Å². The van der Waals surface area contributed by atoms with Crippen molar-refractivity contribution in [3.05, 3.63) is 59.3 Å². The van der Waals surface area contributed by atoms with E-state index in [2.05, 4.69) is 27.7 Å². The molecule has 6 heteroatoms. The maximum Gasteiger partial charge on any atom is 0.162 e. The van der Waals surface area contributed by atoms with E-state index < -0.39 is 0 Å². The van der Waals surface area contributed by atoms with Crippen molar-refractivity contribution >= 4 is 11.3 Å². The number of nitrogens with one attached hydrogen (secondary N) is 1. The average molecular weight is 355 g/mol. The zero-order chi connectivity index (χ0) is 17.1. The van der Waals surface area contributed by atoms with Gasteiger partial charge in [0.2, 0.25) is 0 Å². The highest BCUT2D eigenvalue weighted by Gasteiger charge is 2.26. The van der Waals surface area contributed by atoms with Crippen molar-refractivity contribution < 1.29 is 9.15 Å². The zero-order valence-corrected chi connectivity index (χ0v) is 15.0. The lowest BCUT2D eigenvalue weighted by Crippen LogP contribution is -2.45. The molecule has 1 aromatic carbocycles. The summed E-state index contributed by atoms with van der Waals surface area (Å²) in [4.78, 5) is 7.22. The maximum absolute atomic E-state index is 5.57. The van der Waals surface area contributed by atoms with Gasteiger partial charge in [-0.1, -0.05) is 18.2 Å². The van der Waals surface area contributed by atoms with Gasteiger partial charge in [0.15, 0.2) is 10.8 Å². The number of benzene rings is 1. The summed E-state index contributed by atoms with van der Waals surface area (Å²) in [6.45, 7) is 3.70. The fourth-order valence-electron chi connectivity index (χ4n) is 3.29. The fraction of sp³-hybridized carbons (Fsp3) is 0.316. The standard InChI is InChI=1S/C19H21N3O2S/c1-23-17-6-3-2-5-15(17)16-11-20-8-9-22(16)12-14-13-25-19(21-14)18-7-4-10-24-18/h2-7,10,13,16,20H,8-9,11-12H2,1H3. The Morgan fingerprint density at radius 3 is 3.08 bits per heavy atom. The lowest BCUT2D eigenvalue weighted by atomic mass is 10.0. The minimum Gasteiger partial charge on any atom is -0.496 e. The van der Waals surface area contributed by atoms with E-state index in [1.807, 2.05) is 24.3 Å². The molecule has 0 bridgehead atoms. The molecule has 0 amide bonds. The Bertz CT molecular complexity index is 816. The van der Waals surface area contributed by atoms with Gasteiger partial charge in [0.25, 0.3) is 0 Å². The molecule has 1 fully saturated rings. The summed E-state index contributed by atoms with van der Waals surface area (Å²) in [7, 11) is 1.73. The van der Waals surface area contributed by atoms with E-state index in [0.717, 1.165) is 48.4 Å². The summed E-state index contributed by atoms with van der Waals surface area (Å²) in [6.07, 6.45) is 1.68. The van der Waals surface area contributed by atoms with Crippen LogP contribution in [-0.2, 0) is 6.54 Å². The highest BCUT2D eigenvalue weighted by molar-refractivity contribution is 7.13. The third-order valence-corrected chi connectivity index (χ3v) is 5.41. The number of nitrogens with zero attached hydrogens (tertiary/aromatic N) is 2. The van der Waals surface area contributed by atoms with E-state index >= 15 is 0 Å². The molecular formula is C19H21N3O2S. The molecule has 3 aromatic rings. The molecule has 1 N–H and O–H groups in total. The summed E-state index contributed by atoms with van der Waals surface area (Å²) >= 11 is 1.63. The molecule has 1 unspecified atom stereocenters. The maximum atomic E-state index is 5.57. The van der Waals surface area contributed by atoms with Crippen molar-refractivity contribution in [1.82, 2.24) is 15.2 Å². The molecule has 1 saturated heterocycles. The van der Waals surface area contributed by atoms with Gasteiger partial charge >= 0.3 is 0 Å². The molecule has 5 nitrogen and oxygen atoms in total. The fourth-order valence-corrected chi connectivity index (χ4v) is 4.06. The van der Waals surface area contributed by atoms with Crippen molar-refractivity contribution in [3.8, 4) is 16.5 Å². The second kappa shape index (κ2) is 7.39. The Labute approximate surface area is 151 Å². The molecule has 0 spiro atoms. The first-order chi connectivity index (χ1) is 12.3. The predicted molar refractivity (Wildman–Crippen MR) is 98.8 cm³/mol. The van der Waals surface area contributed by atoms with Gasteiger partial charge in [0.05, 0.1) is 25.1 Å². The van der Waals surface area contributed by atoms with Crippen LogP contribution in [0.15, 0.2) is 52.5 Å². The summed E-state index contributed by atoms with van der Waals surface area (Å²) < 4.78 is 11.0. The second-order valence-electron chi connectivity index (χ2n) is 6.05. The molecule has 130 valence electrons. The molecule has 25 heavy (non-hydrogen) atoms. The van der Waals surface area contributed by atoms with Crippen LogP contribution in [-0.4, -0.2) is 36.6 Å². The first-order valence-electron chi connectivity index (χ1n) is 8.41. The van der Waals surface area contributed by atoms with Gasteiger partial charge in [-0.15, -0.1) is 11.3 Å². The number of thiazole rings is 1. The molecule has 0 aliphatic carbocycles. The van der Waals surface area contributed by atoms with Crippen LogP contribution in [0.3, 0.4) is 0 Å². The van der Waals surface area contributed by atoms with Gasteiger partial charge in [-0.25, -0.2) is 4.98 Å². The molecular weight excluding hydrogens is 334 g/mol. The van der Waals surface area contributed by atoms with E-state index in [-0.39, 0.29) is 6.04 Å². The van der Waals surface area contributed by atoms with E-state index in [4.69, 9.17) is 14.1 Å². The van der Waals surface area contributed by atoms with Gasteiger partial charge in [0, 0.05) is 37.1 Å². The van der Waals surface area contributed by atoms with E-state index in [1.54, 1.807) is 24.7 Å². The van der Waals surface area contributed by atoms with Gasteiger partial charge < -0.3 is 14.5 Å². The Kier molecular flexibility index (Phi) is 4.83. The van der Waals surface area contributed by atoms with Crippen molar-refractivity contribution in [2.75, 3.05) is 26.7 Å². The number of para-hydroxylation sites is 1. The van der Waals surface area contributed by atoms with Crippen molar-refractivity contribution in [3.63, 3.8) is 0 Å². The quantitative estimate of drug-likeness (QED) is 0.758. The number of methoxy groups -OCH3 is 1. The molecule has 1 aliphatic heterocycles. The Balaban J connectivity index is 1.55. The molecule has 1 atom stereocenters. The van der Waals surface area contributed by atoms with Crippen molar-refractivity contribution in [2.45, 2.75) is 12.6 Å². The lowest BCUT2D eigenvalue weighted by molar-refractivity contribution is 0.149. The summed E-state index contributed by atoms with van der Waals surface area (Å²) in [6, 6.07) is 12.4. The highest BCUT2D eigenvalue weighted by atomic mass is 32.1. The summed E-state index contributed by atoms with van der Waals surface area (Å²) in [5.41, 5.74) is 2.30. The van der Waals surface area contributed by atoms with Crippen LogP contribution >= 0.6 is 11.3 Å². The van der Waals surface area contributed by atoms with Crippen LogP contribution in [0.2, 0.25) is 0 Å². The van der Waals surface area contributed by atoms with Crippen LogP contribution < -0.4 is 10.1 Å². The number of piperazine rings is 1. The normalized spacial score (nSPS) is 18.4. The Hall–Kier alpha value is -2.15. The number of rotatable bonds is 5. The van der Waals surface area contributed by atoms with E-state index in [0.29, 0.717) is 0 Å². The number of aromatic nitrogens is 1. The first kappa shape index (κ1) is 16.3. The lowest BCUT2D eigenvalue weighted by Gasteiger charge is -2.36. The second-order valence-corrected chi connectivity index (χ2v) is 6.91. The van der Waals surface area contributed by atoms with Crippen LogP contribution in [0.1, 0.15) is 17.3 Å². The smallest absolute Gasteiger partial charge is 0.162 e. The topological polar surface area (TPSA) is 50.5 Å². The molecule has 0 saturated carbocycles.